The Morgan fingerprint density at radius 1 is 0.853 bits per heavy atom. The molecule has 3 fully saturated rings. The van der Waals surface area contributed by atoms with E-state index in [1.807, 2.05) is 30.3 Å². The molecule has 4 heterocycles. The minimum absolute atomic E-state index is 0.0156. The van der Waals surface area contributed by atoms with Gasteiger partial charge in [0.15, 0.2) is 23.1 Å². The van der Waals surface area contributed by atoms with Crippen molar-refractivity contribution in [3.05, 3.63) is 94.7 Å². The number of halogens is 1. The molecule has 2 aliphatic carbocycles. The Balaban J connectivity index is 0.982. The summed E-state index contributed by atoms with van der Waals surface area (Å²) in [6.07, 6.45) is 8.51. The monoisotopic (exact) mass is 927 g/mol. The zero-order chi connectivity index (χ0) is 47.9. The molecule has 2 N–H and O–H groups in total. The SMILES string of the molecule is COc1cc(OCC2CC2)c(-c2ncnc3c(C(=O)N[C@H](Cc4ccc(C(C)(C)C)cc4)C(=O)N4CCC(N5N=C(c6ccc(OC)c(OC)c6)[C@H]6CCCC[C@H]6C5=O)CC4)c(C)[nH]c23)cc1F. The van der Waals surface area contributed by atoms with Crippen molar-refractivity contribution >= 4 is 34.5 Å². The average molecular weight is 928 g/mol. The summed E-state index contributed by atoms with van der Waals surface area (Å²) in [5.41, 5.74) is 6.06. The van der Waals surface area contributed by atoms with Crippen molar-refractivity contribution in [2.24, 2.45) is 22.9 Å². The number of aromatic nitrogens is 3. The molecule has 1 saturated heterocycles. The maximum atomic E-state index is 15.3. The Morgan fingerprint density at radius 3 is 2.24 bits per heavy atom. The van der Waals surface area contributed by atoms with Gasteiger partial charge in [0.05, 0.1) is 50.8 Å². The Morgan fingerprint density at radius 2 is 1.56 bits per heavy atom. The van der Waals surface area contributed by atoms with E-state index < -0.39 is 17.8 Å². The maximum absolute atomic E-state index is 15.3. The van der Waals surface area contributed by atoms with Crippen LogP contribution in [0.5, 0.6) is 23.0 Å². The number of carbonyl (C=O) groups excluding carboxylic acids is 3. The summed E-state index contributed by atoms with van der Waals surface area (Å²) >= 11 is 0. The van der Waals surface area contributed by atoms with E-state index in [9.17, 15) is 14.4 Å². The highest BCUT2D eigenvalue weighted by atomic mass is 19.1. The van der Waals surface area contributed by atoms with E-state index in [0.717, 1.165) is 60.9 Å². The maximum Gasteiger partial charge on any atom is 0.255 e. The molecule has 15 heteroatoms. The number of likely N-dealkylation sites (tertiary alicyclic amines) is 1. The summed E-state index contributed by atoms with van der Waals surface area (Å²) < 4.78 is 38.0. The second-order valence-electron chi connectivity index (χ2n) is 19.8. The zero-order valence-corrected chi connectivity index (χ0v) is 40.1. The number of fused-ring (bicyclic) bond motifs is 2. The smallest absolute Gasteiger partial charge is 0.255 e. The Kier molecular flexibility index (Phi) is 13.2. The first-order chi connectivity index (χ1) is 32.8. The van der Waals surface area contributed by atoms with Crippen LogP contribution in [0.25, 0.3) is 22.3 Å². The van der Waals surface area contributed by atoms with Crippen LogP contribution in [0.15, 0.2) is 66.0 Å². The minimum Gasteiger partial charge on any atom is -0.494 e. The highest BCUT2D eigenvalue weighted by Crippen LogP contribution is 2.42. The zero-order valence-electron chi connectivity index (χ0n) is 40.1. The predicted molar refractivity (Wildman–Crippen MR) is 257 cm³/mol. The molecule has 2 aromatic heterocycles. The lowest BCUT2D eigenvalue weighted by Crippen LogP contribution is -2.56. The number of H-pyrrole nitrogens is 1. The molecule has 4 aliphatic rings. The Hall–Kier alpha value is -6.51. The number of rotatable bonds is 14. The second-order valence-corrected chi connectivity index (χ2v) is 19.8. The van der Waals surface area contributed by atoms with Crippen molar-refractivity contribution in [1.82, 2.24) is 30.2 Å². The summed E-state index contributed by atoms with van der Waals surface area (Å²) in [5.74, 6) is 0.741. The molecular formula is C53H62FN7O7. The molecule has 0 spiro atoms. The number of piperidine rings is 1. The lowest BCUT2D eigenvalue weighted by atomic mass is 9.73. The van der Waals surface area contributed by atoms with Gasteiger partial charge in [-0.15, -0.1) is 0 Å². The molecule has 5 aromatic rings. The van der Waals surface area contributed by atoms with Gasteiger partial charge in [-0.1, -0.05) is 57.9 Å². The molecular weight excluding hydrogens is 866 g/mol. The fourth-order valence-electron chi connectivity index (χ4n) is 10.1. The third-order valence-corrected chi connectivity index (χ3v) is 14.2. The Bertz CT molecular complexity index is 2740. The number of aryl methyl sites for hydroxylation is 1. The molecule has 2 saturated carbocycles. The standard InChI is InChI=1S/C53H62FN7O7/c1-30-45(48-49(57-30)47(55-29-56-48)38-26-39(54)43(66-6)27-42(38)68-28-32-12-13-32)50(62)58-40(24-31-14-17-34(18-15-31)53(2,3)4)52(64)60-22-20-35(21-23-60)61-51(63)37-11-9-8-10-36(37)46(59-61)33-16-19-41(65-5)44(25-33)67-7/h14-19,25-27,29,32,35-37,40,57H,8-13,20-24,28H2,1-7H3,(H,58,62)/t36-,37+,40+/m0/s1. The normalized spacial score (nSPS) is 19.3. The number of methoxy groups -OCH3 is 3. The van der Waals surface area contributed by atoms with Gasteiger partial charge in [0, 0.05) is 54.2 Å². The van der Waals surface area contributed by atoms with E-state index in [1.54, 1.807) is 31.1 Å². The first kappa shape index (κ1) is 46.6. The van der Waals surface area contributed by atoms with Gasteiger partial charge < -0.3 is 34.1 Å². The van der Waals surface area contributed by atoms with Crippen LogP contribution in [0, 0.1) is 30.5 Å². The minimum atomic E-state index is -0.933. The van der Waals surface area contributed by atoms with Crippen LogP contribution in [0.2, 0.25) is 0 Å². The van der Waals surface area contributed by atoms with Gasteiger partial charge in [0.25, 0.3) is 5.91 Å². The molecule has 3 atom stereocenters. The number of amides is 3. The lowest BCUT2D eigenvalue weighted by Gasteiger charge is -2.43. The number of benzene rings is 3. The number of nitrogens with zero attached hydrogens (tertiary/aromatic N) is 5. The largest absolute Gasteiger partial charge is 0.494 e. The van der Waals surface area contributed by atoms with E-state index >= 15 is 4.39 Å². The van der Waals surface area contributed by atoms with E-state index in [1.165, 1.54) is 25.6 Å². The van der Waals surface area contributed by atoms with Gasteiger partial charge in [0.1, 0.15) is 29.3 Å². The number of hydrogen-bond acceptors (Lipinski definition) is 10. The molecule has 3 aromatic carbocycles. The fourth-order valence-corrected chi connectivity index (χ4v) is 10.1. The van der Waals surface area contributed by atoms with E-state index in [2.05, 4.69) is 53.2 Å². The van der Waals surface area contributed by atoms with Crippen LogP contribution in [-0.4, -0.2) is 101 Å². The molecule has 3 amide bonds. The van der Waals surface area contributed by atoms with Crippen LogP contribution < -0.4 is 24.3 Å². The number of aromatic amines is 1. The van der Waals surface area contributed by atoms with Crippen molar-refractivity contribution < 1.29 is 37.7 Å². The molecule has 14 nitrogen and oxygen atoms in total. The van der Waals surface area contributed by atoms with Gasteiger partial charge in [-0.05, 0) is 92.2 Å². The fraction of sp³-hybridized carbons (Fsp3) is 0.472. The molecule has 2 aliphatic heterocycles. The molecule has 9 rings (SSSR count). The summed E-state index contributed by atoms with van der Waals surface area (Å²) in [4.78, 5) is 57.9. The average Bonchev–Trinajstić information content (AvgIpc) is 4.12. The van der Waals surface area contributed by atoms with Crippen molar-refractivity contribution in [3.63, 3.8) is 0 Å². The van der Waals surface area contributed by atoms with Crippen LogP contribution in [0.4, 0.5) is 4.39 Å². The molecule has 0 radical (unpaired) electrons. The predicted octanol–water partition coefficient (Wildman–Crippen LogP) is 8.57. The lowest BCUT2D eigenvalue weighted by molar-refractivity contribution is -0.143. The van der Waals surface area contributed by atoms with Crippen LogP contribution in [-0.2, 0) is 21.4 Å². The topological polar surface area (TPSA) is 161 Å². The number of ether oxygens (including phenoxy) is 4. The van der Waals surface area contributed by atoms with E-state index in [-0.39, 0.29) is 52.8 Å². The van der Waals surface area contributed by atoms with Crippen molar-refractivity contribution in [2.45, 2.75) is 103 Å². The number of carbonyl (C=O) groups is 3. The second kappa shape index (κ2) is 19.2. The molecule has 358 valence electrons. The highest BCUT2D eigenvalue weighted by molar-refractivity contribution is 6.10. The van der Waals surface area contributed by atoms with Crippen LogP contribution >= 0.6 is 0 Å². The third-order valence-electron chi connectivity index (χ3n) is 14.2. The van der Waals surface area contributed by atoms with Crippen LogP contribution in [0.3, 0.4) is 0 Å². The van der Waals surface area contributed by atoms with Gasteiger partial charge >= 0.3 is 0 Å². The number of hydrogen-bond donors (Lipinski definition) is 2. The third kappa shape index (κ3) is 9.36. The van der Waals surface area contributed by atoms with Crippen molar-refractivity contribution in [3.8, 4) is 34.3 Å². The molecule has 0 bridgehead atoms. The van der Waals surface area contributed by atoms with Crippen molar-refractivity contribution in [1.29, 1.82) is 0 Å². The highest BCUT2D eigenvalue weighted by Gasteiger charge is 2.44. The Labute approximate surface area is 397 Å². The summed E-state index contributed by atoms with van der Waals surface area (Å²) in [6.45, 7) is 9.45. The first-order valence-electron chi connectivity index (χ1n) is 23.9. The van der Waals surface area contributed by atoms with Gasteiger partial charge in [-0.2, -0.15) is 5.10 Å². The quantitative estimate of drug-likeness (QED) is 0.111. The molecule has 68 heavy (non-hydrogen) atoms. The molecule has 0 unspecified atom stereocenters. The summed E-state index contributed by atoms with van der Waals surface area (Å²) in [5, 5.41) is 9.94. The van der Waals surface area contributed by atoms with Gasteiger partial charge in [0.2, 0.25) is 11.8 Å². The van der Waals surface area contributed by atoms with Crippen molar-refractivity contribution in [2.75, 3.05) is 41.0 Å². The summed E-state index contributed by atoms with van der Waals surface area (Å²) in [7, 11) is 4.62. The van der Waals surface area contributed by atoms with E-state index in [0.29, 0.717) is 83.7 Å². The first-order valence-corrected chi connectivity index (χ1v) is 23.9. The number of nitrogens with one attached hydrogen (secondary N) is 2. The van der Waals surface area contributed by atoms with Crippen LogP contribution in [0.1, 0.15) is 105 Å². The summed E-state index contributed by atoms with van der Waals surface area (Å²) in [6, 6.07) is 15.7. The number of hydrazone groups is 1. The van der Waals surface area contributed by atoms with Gasteiger partial charge in [-0.3, -0.25) is 14.4 Å². The van der Waals surface area contributed by atoms with E-state index in [4.69, 9.17) is 24.0 Å². The van der Waals surface area contributed by atoms with Gasteiger partial charge in [-0.25, -0.2) is 19.4 Å².